The number of benzene rings is 3. The lowest BCUT2D eigenvalue weighted by Crippen LogP contribution is -2.47. The molecule has 0 saturated carbocycles. The summed E-state index contributed by atoms with van der Waals surface area (Å²) in [5.41, 5.74) is 4.15. The van der Waals surface area contributed by atoms with Crippen LogP contribution in [0.2, 0.25) is 0 Å². The molecule has 1 aromatic heterocycles. The molecule has 0 aliphatic carbocycles. The lowest BCUT2D eigenvalue weighted by Gasteiger charge is -2.35. The van der Waals surface area contributed by atoms with Crippen molar-refractivity contribution in [3.05, 3.63) is 107 Å². The first-order valence-corrected chi connectivity index (χ1v) is 18.4. The van der Waals surface area contributed by atoms with Gasteiger partial charge in [0.15, 0.2) is 5.17 Å². The van der Waals surface area contributed by atoms with Gasteiger partial charge in [-0.25, -0.2) is 13.1 Å². The molecule has 47 heavy (non-hydrogen) atoms. The van der Waals surface area contributed by atoms with Gasteiger partial charge in [0.1, 0.15) is 5.69 Å². The summed E-state index contributed by atoms with van der Waals surface area (Å²) in [5, 5.41) is 5.63. The molecule has 4 heterocycles. The Morgan fingerprint density at radius 2 is 1.57 bits per heavy atom. The molecule has 0 N–H and O–H groups in total. The van der Waals surface area contributed by atoms with Crippen LogP contribution in [-0.2, 0) is 21.4 Å². The summed E-state index contributed by atoms with van der Waals surface area (Å²) in [6.07, 6.45) is 5.44. The van der Waals surface area contributed by atoms with E-state index in [1.165, 1.54) is 17.3 Å². The molecule has 9 nitrogen and oxygen atoms in total. The molecule has 3 aliphatic heterocycles. The molecule has 0 spiro atoms. The molecule has 2 fully saturated rings. The van der Waals surface area contributed by atoms with E-state index in [1.54, 1.807) is 27.2 Å². The van der Waals surface area contributed by atoms with E-state index in [9.17, 15) is 13.2 Å². The topological polar surface area (TPSA) is 91.1 Å². The average molecular weight is 667 g/mol. The number of thioether (sulfide) groups is 1. The van der Waals surface area contributed by atoms with E-state index in [2.05, 4.69) is 46.0 Å². The Bertz CT molecular complexity index is 1910. The van der Waals surface area contributed by atoms with E-state index in [1.807, 2.05) is 54.7 Å². The number of carbonyl (C=O) groups is 1. The molecular formula is C36H38N6O3S2. The van der Waals surface area contributed by atoms with Crippen molar-refractivity contribution in [1.82, 2.24) is 23.9 Å². The normalized spacial score (nSPS) is 19.4. The third kappa shape index (κ3) is 6.99. The van der Waals surface area contributed by atoms with Crippen LogP contribution < -0.4 is 0 Å². The zero-order valence-electron chi connectivity index (χ0n) is 26.4. The summed E-state index contributed by atoms with van der Waals surface area (Å²) >= 11 is 1.39. The zero-order valence-corrected chi connectivity index (χ0v) is 28.0. The minimum Gasteiger partial charge on any atom is -0.348 e. The van der Waals surface area contributed by atoms with Crippen LogP contribution in [0, 0.1) is 5.92 Å². The molecule has 0 unspecified atom stereocenters. The Morgan fingerprint density at radius 1 is 0.872 bits per heavy atom. The highest BCUT2D eigenvalue weighted by Crippen LogP contribution is 2.35. The molecule has 3 aromatic carbocycles. The maximum Gasteiger partial charge on any atom is 0.286 e. The number of piperidine rings is 1. The molecule has 7 rings (SSSR count). The van der Waals surface area contributed by atoms with E-state index in [4.69, 9.17) is 5.10 Å². The predicted octanol–water partition coefficient (Wildman–Crippen LogP) is 5.75. The first kappa shape index (κ1) is 31.6. The number of piperazine rings is 1. The Labute approximate surface area is 280 Å². The number of aromatic nitrogens is 2. The van der Waals surface area contributed by atoms with Crippen LogP contribution in [0.1, 0.15) is 30.9 Å². The molecular weight excluding hydrogens is 629 g/mol. The number of carbonyl (C=O) groups excluding carboxylic acids is 1. The molecule has 0 radical (unpaired) electrons. The second-order valence-corrected chi connectivity index (χ2v) is 15.3. The van der Waals surface area contributed by atoms with Crippen LogP contribution in [0.3, 0.4) is 0 Å². The van der Waals surface area contributed by atoms with Gasteiger partial charge in [-0.2, -0.15) is 14.4 Å². The fourth-order valence-corrected chi connectivity index (χ4v) is 8.69. The van der Waals surface area contributed by atoms with Crippen molar-refractivity contribution in [2.45, 2.75) is 31.2 Å². The molecule has 242 valence electrons. The lowest BCUT2D eigenvalue weighted by molar-refractivity contribution is -0.113. The third-order valence-corrected chi connectivity index (χ3v) is 12.0. The highest BCUT2D eigenvalue weighted by atomic mass is 32.2. The number of rotatable bonds is 7. The second kappa shape index (κ2) is 13.6. The summed E-state index contributed by atoms with van der Waals surface area (Å²) in [6.45, 7) is 7.51. The van der Waals surface area contributed by atoms with Gasteiger partial charge in [0.2, 0.25) is 10.0 Å². The fraction of sp³-hybridized carbons (Fsp3) is 0.306. The summed E-state index contributed by atoms with van der Waals surface area (Å²) in [4.78, 5) is 23.0. The van der Waals surface area contributed by atoms with Crippen molar-refractivity contribution in [3.8, 4) is 16.9 Å². The monoisotopic (exact) mass is 666 g/mol. The van der Waals surface area contributed by atoms with Gasteiger partial charge in [0.05, 0.1) is 15.5 Å². The van der Waals surface area contributed by atoms with E-state index in [-0.39, 0.29) is 10.8 Å². The van der Waals surface area contributed by atoms with Gasteiger partial charge in [-0.15, -0.1) is 0 Å². The number of hydrogen-bond donors (Lipinski definition) is 0. The van der Waals surface area contributed by atoms with Crippen LogP contribution in [0.5, 0.6) is 0 Å². The van der Waals surface area contributed by atoms with Gasteiger partial charge in [0.25, 0.3) is 5.91 Å². The highest BCUT2D eigenvalue weighted by molar-refractivity contribution is 8.18. The molecule has 1 amide bonds. The van der Waals surface area contributed by atoms with Crippen molar-refractivity contribution in [3.63, 3.8) is 0 Å². The maximum absolute atomic E-state index is 13.6. The number of para-hydroxylation sites is 1. The molecule has 11 heteroatoms. The predicted molar refractivity (Wildman–Crippen MR) is 187 cm³/mol. The van der Waals surface area contributed by atoms with Gasteiger partial charge >= 0.3 is 0 Å². The Hall–Kier alpha value is -4.03. The standard InChI is InChI=1S/C36H38N6O3S2/c1-27-15-17-41(18-16-27)47(44,45)32-14-8-11-29(23-32)34-30(26-42(38-34)31-12-6-3-7-13-31)24-33-35(43)37-36(46-33)40-21-19-39(20-22-40)25-28-9-4-2-5-10-28/h2-14,23-24,26-27H,15-22,25H2,1H3. The average Bonchev–Trinajstić information content (AvgIpc) is 3.69. The van der Waals surface area contributed by atoms with Gasteiger partial charge < -0.3 is 4.90 Å². The van der Waals surface area contributed by atoms with Crippen molar-refractivity contribution < 1.29 is 13.2 Å². The molecule has 0 bridgehead atoms. The summed E-state index contributed by atoms with van der Waals surface area (Å²) in [7, 11) is -3.65. The van der Waals surface area contributed by atoms with Gasteiger partial charge in [-0.3, -0.25) is 9.69 Å². The summed E-state index contributed by atoms with van der Waals surface area (Å²) in [6, 6.07) is 27.2. The second-order valence-electron chi connectivity index (χ2n) is 12.4. The van der Waals surface area contributed by atoms with Crippen molar-refractivity contribution >= 4 is 38.9 Å². The first-order chi connectivity index (χ1) is 22.8. The number of hydrogen-bond acceptors (Lipinski definition) is 7. The maximum atomic E-state index is 13.6. The van der Waals surface area contributed by atoms with Crippen LogP contribution >= 0.6 is 11.8 Å². The fourth-order valence-electron chi connectivity index (χ4n) is 6.22. The van der Waals surface area contributed by atoms with E-state index in [0.717, 1.165) is 62.0 Å². The number of aliphatic imine (C=N–C) groups is 1. The third-order valence-electron chi connectivity index (χ3n) is 9.04. The molecule has 4 aromatic rings. The van der Waals surface area contributed by atoms with Gasteiger partial charge in [-0.05, 0) is 66.4 Å². The Balaban J connectivity index is 1.13. The zero-order chi connectivity index (χ0) is 32.4. The Kier molecular flexibility index (Phi) is 9.13. The Morgan fingerprint density at radius 3 is 2.30 bits per heavy atom. The van der Waals surface area contributed by atoms with E-state index >= 15 is 0 Å². The van der Waals surface area contributed by atoms with Crippen LogP contribution in [0.25, 0.3) is 23.0 Å². The van der Waals surface area contributed by atoms with Crippen LogP contribution in [0.15, 0.2) is 106 Å². The lowest BCUT2D eigenvalue weighted by atomic mass is 10.0. The number of sulfonamides is 1. The quantitative estimate of drug-likeness (QED) is 0.232. The minimum atomic E-state index is -3.65. The van der Waals surface area contributed by atoms with Crippen LogP contribution in [0.4, 0.5) is 0 Å². The highest BCUT2D eigenvalue weighted by Gasteiger charge is 2.31. The van der Waals surface area contributed by atoms with Crippen molar-refractivity contribution in [2.24, 2.45) is 10.9 Å². The van der Waals surface area contributed by atoms with E-state index < -0.39 is 10.0 Å². The smallest absolute Gasteiger partial charge is 0.286 e. The van der Waals surface area contributed by atoms with Crippen molar-refractivity contribution in [2.75, 3.05) is 39.3 Å². The van der Waals surface area contributed by atoms with E-state index in [0.29, 0.717) is 35.2 Å². The van der Waals surface area contributed by atoms with Gasteiger partial charge in [0, 0.05) is 63.1 Å². The van der Waals surface area contributed by atoms with Gasteiger partial charge in [-0.1, -0.05) is 67.6 Å². The molecule has 2 saturated heterocycles. The first-order valence-electron chi connectivity index (χ1n) is 16.1. The minimum absolute atomic E-state index is 0.251. The van der Waals surface area contributed by atoms with Crippen molar-refractivity contribution in [1.29, 1.82) is 0 Å². The SMILES string of the molecule is CC1CCN(S(=O)(=O)c2cccc(-c3nn(-c4ccccc4)cc3C=C3SC(N4CCN(Cc5ccccc5)CC4)=NC3=O)c2)CC1. The summed E-state index contributed by atoms with van der Waals surface area (Å²) < 4.78 is 30.6. The number of amidine groups is 1. The van der Waals surface area contributed by atoms with Crippen LogP contribution in [-0.4, -0.2) is 82.6 Å². The molecule has 3 aliphatic rings. The largest absolute Gasteiger partial charge is 0.348 e. The number of amides is 1. The molecule has 0 atom stereocenters. The summed E-state index contributed by atoms with van der Waals surface area (Å²) in [5.74, 6) is 0.251. The number of nitrogens with zero attached hydrogens (tertiary/aromatic N) is 6.